The van der Waals surface area contributed by atoms with Crippen LogP contribution in [0.2, 0.25) is 0 Å². The fraction of sp³-hybridized carbons (Fsp3) is 0.231. The largest absolute Gasteiger partial charge is 0.482 e. The van der Waals surface area contributed by atoms with Crippen molar-refractivity contribution in [2.45, 2.75) is 19.4 Å². The van der Waals surface area contributed by atoms with Crippen LogP contribution in [0.4, 0.5) is 0 Å². The molecule has 0 atom stereocenters. The van der Waals surface area contributed by atoms with Crippen molar-refractivity contribution >= 4 is 27.5 Å². The van der Waals surface area contributed by atoms with Crippen LogP contribution < -0.4 is 4.74 Å². The Balaban J connectivity index is 2.31. The molecule has 0 fully saturated rings. The predicted octanol–water partition coefficient (Wildman–Crippen LogP) is 4.09. The number of benzene rings is 1. The van der Waals surface area contributed by atoms with Crippen LogP contribution in [0, 0.1) is 0 Å². The van der Waals surface area contributed by atoms with E-state index in [0.717, 1.165) is 5.75 Å². The second-order valence-electron chi connectivity index (χ2n) is 4.36. The second-order valence-corrected chi connectivity index (χ2v) is 5.30. The summed E-state index contributed by atoms with van der Waals surface area (Å²) >= 11 is 1.76. The normalized spacial score (nSPS) is 17.5. The fourth-order valence-electron chi connectivity index (χ4n) is 1.87. The highest BCUT2D eigenvalue weighted by Crippen LogP contribution is 2.38. The second kappa shape index (κ2) is 2.86. The lowest BCUT2D eigenvalue weighted by Crippen LogP contribution is -2.27. The van der Waals surface area contributed by atoms with Crippen molar-refractivity contribution in [3.05, 3.63) is 35.2 Å². The van der Waals surface area contributed by atoms with Gasteiger partial charge in [0.1, 0.15) is 11.4 Å². The number of hydrogen-bond donors (Lipinski definition) is 0. The number of hydrogen-bond acceptors (Lipinski definition) is 2. The molecule has 0 amide bonds. The van der Waals surface area contributed by atoms with Gasteiger partial charge in [-0.25, -0.2) is 0 Å². The Labute approximate surface area is 93.0 Å². The molecule has 76 valence electrons. The zero-order valence-electron chi connectivity index (χ0n) is 8.78. The molecule has 0 N–H and O–H groups in total. The van der Waals surface area contributed by atoms with Gasteiger partial charge in [-0.15, -0.1) is 11.3 Å². The molecule has 2 aromatic rings. The summed E-state index contributed by atoms with van der Waals surface area (Å²) in [6.45, 7) is 4.16. The third-order valence-electron chi connectivity index (χ3n) is 2.65. The molecule has 0 spiro atoms. The summed E-state index contributed by atoms with van der Waals surface area (Å²) < 4.78 is 7.30. The van der Waals surface area contributed by atoms with Crippen molar-refractivity contribution in [3.8, 4) is 5.75 Å². The first kappa shape index (κ1) is 8.98. The van der Waals surface area contributed by atoms with E-state index >= 15 is 0 Å². The number of ether oxygens (including phenoxy) is 1. The first-order valence-electron chi connectivity index (χ1n) is 5.04. The molecule has 1 aromatic heterocycles. The SMILES string of the molecule is CC1(C)C=Cc2ccc3sccc3c2O1. The smallest absolute Gasteiger partial charge is 0.136 e. The molecule has 2 heterocycles. The molecule has 0 aliphatic carbocycles. The third kappa shape index (κ3) is 1.37. The van der Waals surface area contributed by atoms with Crippen molar-refractivity contribution in [1.82, 2.24) is 0 Å². The maximum atomic E-state index is 6.01. The summed E-state index contributed by atoms with van der Waals surface area (Å²) in [5.74, 6) is 1.03. The van der Waals surface area contributed by atoms with Gasteiger partial charge in [-0.1, -0.05) is 6.08 Å². The Morgan fingerprint density at radius 3 is 2.93 bits per heavy atom. The molecule has 15 heavy (non-hydrogen) atoms. The summed E-state index contributed by atoms with van der Waals surface area (Å²) in [5.41, 5.74) is 0.990. The van der Waals surface area contributed by atoms with Gasteiger partial charge in [0.05, 0.1) is 0 Å². The van der Waals surface area contributed by atoms with Gasteiger partial charge in [-0.05, 0) is 43.5 Å². The molecule has 1 aromatic carbocycles. The van der Waals surface area contributed by atoms with E-state index in [4.69, 9.17) is 4.74 Å². The Kier molecular flexibility index (Phi) is 1.71. The topological polar surface area (TPSA) is 9.23 Å². The van der Waals surface area contributed by atoms with E-state index in [1.54, 1.807) is 11.3 Å². The van der Waals surface area contributed by atoms with Gasteiger partial charge in [-0.2, -0.15) is 0 Å². The molecule has 0 saturated heterocycles. The van der Waals surface area contributed by atoms with Gasteiger partial charge >= 0.3 is 0 Å². The summed E-state index contributed by atoms with van der Waals surface area (Å²) in [7, 11) is 0. The summed E-state index contributed by atoms with van der Waals surface area (Å²) in [5, 5.41) is 3.34. The molecule has 0 radical (unpaired) electrons. The van der Waals surface area contributed by atoms with Crippen LogP contribution in [0.3, 0.4) is 0 Å². The lowest BCUT2D eigenvalue weighted by Gasteiger charge is -2.28. The standard InChI is InChI=1S/C13H12OS/c1-13(2)7-5-9-3-4-11-10(6-8-15-11)12(9)14-13/h3-8H,1-2H3. The first-order valence-corrected chi connectivity index (χ1v) is 5.92. The molecule has 0 bridgehead atoms. The van der Waals surface area contributed by atoms with Gasteiger partial charge in [0.15, 0.2) is 0 Å². The highest BCUT2D eigenvalue weighted by Gasteiger charge is 2.23. The molecule has 0 saturated carbocycles. The average Bonchev–Trinajstić information content (AvgIpc) is 2.64. The summed E-state index contributed by atoms with van der Waals surface area (Å²) in [4.78, 5) is 0. The zero-order chi connectivity index (χ0) is 10.5. The molecule has 2 heteroatoms. The van der Waals surface area contributed by atoms with Gasteiger partial charge < -0.3 is 4.74 Å². The van der Waals surface area contributed by atoms with Crippen LogP contribution in [0.25, 0.3) is 16.2 Å². The number of fused-ring (bicyclic) bond motifs is 3. The molecule has 1 aliphatic rings. The molecule has 3 rings (SSSR count). The number of rotatable bonds is 0. The Morgan fingerprint density at radius 2 is 2.07 bits per heavy atom. The van der Waals surface area contributed by atoms with E-state index in [1.807, 2.05) is 0 Å². The van der Waals surface area contributed by atoms with Crippen molar-refractivity contribution in [2.24, 2.45) is 0 Å². The van der Waals surface area contributed by atoms with Crippen LogP contribution >= 0.6 is 11.3 Å². The van der Waals surface area contributed by atoms with E-state index in [1.165, 1.54) is 15.6 Å². The molecule has 0 unspecified atom stereocenters. The monoisotopic (exact) mass is 216 g/mol. The van der Waals surface area contributed by atoms with Crippen LogP contribution in [0.5, 0.6) is 5.75 Å². The molecule has 1 nitrogen and oxygen atoms in total. The highest BCUT2D eigenvalue weighted by atomic mass is 32.1. The lowest BCUT2D eigenvalue weighted by molar-refractivity contribution is 0.161. The fourth-order valence-corrected chi connectivity index (χ4v) is 2.65. The minimum absolute atomic E-state index is 0.191. The molecule has 1 aliphatic heterocycles. The minimum atomic E-state index is -0.191. The van der Waals surface area contributed by atoms with E-state index in [9.17, 15) is 0 Å². The maximum absolute atomic E-state index is 6.01. The van der Waals surface area contributed by atoms with Crippen LogP contribution in [-0.4, -0.2) is 5.60 Å². The van der Waals surface area contributed by atoms with Crippen LogP contribution in [0.1, 0.15) is 19.4 Å². The summed E-state index contributed by atoms with van der Waals surface area (Å²) in [6.07, 6.45) is 4.25. The van der Waals surface area contributed by atoms with Gasteiger partial charge in [0.2, 0.25) is 0 Å². The van der Waals surface area contributed by atoms with Crippen molar-refractivity contribution in [1.29, 1.82) is 0 Å². The summed E-state index contributed by atoms with van der Waals surface area (Å²) in [6, 6.07) is 6.42. The molecular weight excluding hydrogens is 204 g/mol. The van der Waals surface area contributed by atoms with E-state index in [-0.39, 0.29) is 5.60 Å². The predicted molar refractivity (Wildman–Crippen MR) is 65.6 cm³/mol. The molecular formula is C13H12OS. The van der Waals surface area contributed by atoms with E-state index < -0.39 is 0 Å². The van der Waals surface area contributed by atoms with E-state index in [2.05, 4.69) is 49.6 Å². The average molecular weight is 216 g/mol. The Morgan fingerprint density at radius 1 is 1.20 bits per heavy atom. The minimum Gasteiger partial charge on any atom is -0.482 e. The van der Waals surface area contributed by atoms with Gasteiger partial charge in [0, 0.05) is 15.6 Å². The van der Waals surface area contributed by atoms with Crippen molar-refractivity contribution in [3.63, 3.8) is 0 Å². The third-order valence-corrected chi connectivity index (χ3v) is 3.53. The zero-order valence-corrected chi connectivity index (χ0v) is 9.60. The highest BCUT2D eigenvalue weighted by molar-refractivity contribution is 7.17. The Hall–Kier alpha value is -1.28. The quantitative estimate of drug-likeness (QED) is 0.644. The van der Waals surface area contributed by atoms with Crippen LogP contribution in [0.15, 0.2) is 29.7 Å². The van der Waals surface area contributed by atoms with Gasteiger partial charge in [-0.3, -0.25) is 0 Å². The Bertz CT molecular complexity index is 549. The van der Waals surface area contributed by atoms with Gasteiger partial charge in [0.25, 0.3) is 0 Å². The number of thiophene rings is 1. The lowest BCUT2D eigenvalue weighted by atomic mass is 10.0. The van der Waals surface area contributed by atoms with Crippen LogP contribution in [-0.2, 0) is 0 Å². The van der Waals surface area contributed by atoms with E-state index in [0.29, 0.717) is 0 Å². The maximum Gasteiger partial charge on any atom is 0.136 e. The first-order chi connectivity index (χ1) is 7.16. The van der Waals surface area contributed by atoms with Crippen molar-refractivity contribution in [2.75, 3.05) is 0 Å². The van der Waals surface area contributed by atoms with Crippen molar-refractivity contribution < 1.29 is 4.74 Å².